The first kappa shape index (κ1) is 23.2. The Bertz CT molecular complexity index is 724. The Balaban J connectivity index is 0.00000150. The summed E-state index contributed by atoms with van der Waals surface area (Å²) in [5.41, 5.74) is 1.63. The number of hydrogen-bond donors (Lipinski definition) is 2. The van der Waals surface area contributed by atoms with E-state index in [0.29, 0.717) is 36.4 Å². The van der Waals surface area contributed by atoms with Gasteiger partial charge in [0, 0.05) is 5.92 Å². The first-order valence-corrected chi connectivity index (χ1v) is 12.0. The van der Waals surface area contributed by atoms with Crippen LogP contribution in [0, 0.1) is 34.5 Å². The maximum atomic E-state index is 12.2. The molecule has 28 heavy (non-hydrogen) atoms. The van der Waals surface area contributed by atoms with Gasteiger partial charge in [0.15, 0.2) is 0 Å². The molecule has 0 radical (unpaired) electrons. The molecule has 0 bridgehead atoms. The van der Waals surface area contributed by atoms with Crippen molar-refractivity contribution < 1.29 is 54.7 Å². The Hall–Kier alpha value is 0.520. The summed E-state index contributed by atoms with van der Waals surface area (Å²) in [5.74, 6) is 2.49. The summed E-state index contributed by atoms with van der Waals surface area (Å²) in [7, 11) is -4.43. The van der Waals surface area contributed by atoms with Gasteiger partial charge in [-0.25, -0.2) is 4.57 Å². The summed E-state index contributed by atoms with van der Waals surface area (Å²) in [6.07, 6.45) is 9.83. The van der Waals surface area contributed by atoms with E-state index in [0.717, 1.165) is 25.7 Å². The molecule has 0 aliphatic heterocycles. The molecule has 3 saturated carbocycles. The third-order valence-electron chi connectivity index (χ3n) is 8.84. The number of phosphoric ester groups is 1. The van der Waals surface area contributed by atoms with E-state index in [4.69, 9.17) is 14.3 Å². The third kappa shape index (κ3) is 3.79. The van der Waals surface area contributed by atoms with E-state index in [1.54, 1.807) is 6.92 Å². The predicted octanol–water partition coefficient (Wildman–Crippen LogP) is 1.75. The molecule has 0 heterocycles. The molecule has 7 atom stereocenters. The van der Waals surface area contributed by atoms with Crippen LogP contribution in [0.15, 0.2) is 11.6 Å². The van der Waals surface area contributed by atoms with Gasteiger partial charge in [-0.15, -0.1) is 0 Å². The number of ketones is 1. The minimum Gasteiger partial charge on any atom is -1.00 e. The summed E-state index contributed by atoms with van der Waals surface area (Å²) in [6, 6.07) is 0. The fourth-order valence-electron chi connectivity index (χ4n) is 7.58. The molecule has 3 fully saturated rings. The van der Waals surface area contributed by atoms with E-state index in [1.165, 1.54) is 18.4 Å². The molecular formula is C21H34NaO5P. The number of carbonyl (C=O) groups excluding carboxylic acids is 1. The average Bonchev–Trinajstić information content (AvgIpc) is 2.91. The first-order chi connectivity index (χ1) is 12.5. The maximum absolute atomic E-state index is 12.2. The van der Waals surface area contributed by atoms with E-state index >= 15 is 0 Å². The first-order valence-electron chi connectivity index (χ1n) is 10.5. The van der Waals surface area contributed by atoms with Gasteiger partial charge in [-0.2, -0.15) is 0 Å². The molecule has 0 aromatic carbocycles. The van der Waals surface area contributed by atoms with Crippen molar-refractivity contribution in [2.45, 2.75) is 78.2 Å². The maximum Gasteiger partial charge on any atom is 1.00 e. The fourth-order valence-corrected chi connectivity index (χ4v) is 8.15. The number of rotatable bonds is 3. The van der Waals surface area contributed by atoms with Crippen LogP contribution in [0.4, 0.5) is 0 Å². The summed E-state index contributed by atoms with van der Waals surface area (Å²) < 4.78 is 16.3. The van der Waals surface area contributed by atoms with Crippen LogP contribution in [0.5, 0.6) is 0 Å². The second-order valence-electron chi connectivity index (χ2n) is 10.0. The second-order valence-corrected chi connectivity index (χ2v) is 11.2. The van der Waals surface area contributed by atoms with Crippen LogP contribution in [0.3, 0.4) is 0 Å². The summed E-state index contributed by atoms with van der Waals surface area (Å²) in [4.78, 5) is 30.5. The van der Waals surface area contributed by atoms with Gasteiger partial charge in [0.2, 0.25) is 0 Å². The van der Waals surface area contributed by atoms with Crippen LogP contribution in [-0.4, -0.2) is 21.7 Å². The fraction of sp³-hybridized carbons (Fsp3) is 0.857. The van der Waals surface area contributed by atoms with Gasteiger partial charge in [-0.3, -0.25) is 9.32 Å². The Labute approximate surface area is 192 Å². The number of allylic oxidation sites excluding steroid dienone is 1. The van der Waals surface area contributed by atoms with Crippen molar-refractivity contribution in [2.24, 2.45) is 34.5 Å². The molecule has 7 unspecified atom stereocenters. The molecule has 5 nitrogen and oxygen atoms in total. The molecule has 7 heteroatoms. The zero-order valence-electron chi connectivity index (χ0n) is 18.7. The Morgan fingerprint density at radius 2 is 1.89 bits per heavy atom. The van der Waals surface area contributed by atoms with Crippen molar-refractivity contribution >= 4 is 13.6 Å². The SMILES string of the molecule is CC(=O)C1CCC2C3CC=C4CC(OP(=O)(O)O)CCC4(C)C3CCC12C.[H-].[Na+]. The van der Waals surface area contributed by atoms with Crippen molar-refractivity contribution in [2.75, 3.05) is 0 Å². The van der Waals surface area contributed by atoms with Crippen LogP contribution in [0.2, 0.25) is 0 Å². The normalized spacial score (nSPS) is 45.2. The molecule has 0 aromatic rings. The molecule has 0 saturated heterocycles. The average molecular weight is 420 g/mol. The summed E-state index contributed by atoms with van der Waals surface area (Å²) in [6.45, 7) is 6.50. The molecule has 4 rings (SSSR count). The number of hydrogen-bond acceptors (Lipinski definition) is 3. The predicted molar refractivity (Wildman–Crippen MR) is 104 cm³/mol. The second kappa shape index (κ2) is 7.89. The molecule has 4 aliphatic rings. The van der Waals surface area contributed by atoms with Gasteiger partial charge in [-0.1, -0.05) is 25.5 Å². The van der Waals surface area contributed by atoms with E-state index in [2.05, 4.69) is 19.9 Å². The van der Waals surface area contributed by atoms with Gasteiger partial charge < -0.3 is 11.2 Å². The topological polar surface area (TPSA) is 83.8 Å². The zero-order valence-corrected chi connectivity index (χ0v) is 20.6. The molecule has 0 aromatic heterocycles. The Morgan fingerprint density at radius 3 is 2.54 bits per heavy atom. The van der Waals surface area contributed by atoms with E-state index in [-0.39, 0.29) is 53.8 Å². The van der Waals surface area contributed by atoms with Gasteiger partial charge in [0.25, 0.3) is 0 Å². The number of Topliss-reactive ketones (excluding diaryl/α,β-unsaturated/α-hetero) is 1. The molecule has 0 amide bonds. The van der Waals surface area contributed by atoms with Crippen LogP contribution < -0.4 is 29.6 Å². The minimum absolute atomic E-state index is 0. The number of carbonyl (C=O) groups is 1. The quantitative estimate of drug-likeness (QED) is 0.413. The molecule has 0 spiro atoms. The van der Waals surface area contributed by atoms with Crippen molar-refractivity contribution in [3.63, 3.8) is 0 Å². The Morgan fingerprint density at radius 1 is 1.18 bits per heavy atom. The molecule has 2 N–H and O–H groups in total. The van der Waals surface area contributed by atoms with Crippen molar-refractivity contribution in [1.82, 2.24) is 0 Å². The molecular weight excluding hydrogens is 386 g/mol. The van der Waals surface area contributed by atoms with E-state index in [9.17, 15) is 9.36 Å². The third-order valence-corrected chi connectivity index (χ3v) is 9.41. The molecule has 4 aliphatic carbocycles. The van der Waals surface area contributed by atoms with E-state index < -0.39 is 7.82 Å². The number of phosphoric acid groups is 1. The van der Waals surface area contributed by atoms with Gasteiger partial charge >= 0.3 is 37.4 Å². The van der Waals surface area contributed by atoms with Gasteiger partial charge in [0.1, 0.15) is 5.78 Å². The minimum atomic E-state index is -4.43. The van der Waals surface area contributed by atoms with Crippen LogP contribution in [0.25, 0.3) is 0 Å². The number of fused-ring (bicyclic) bond motifs is 5. The van der Waals surface area contributed by atoms with Crippen molar-refractivity contribution in [1.29, 1.82) is 0 Å². The Kier molecular flexibility index (Phi) is 6.54. The largest absolute Gasteiger partial charge is 1.00 e. The van der Waals surface area contributed by atoms with Gasteiger partial charge in [-0.05, 0) is 86.9 Å². The zero-order chi connectivity index (χ0) is 19.6. The van der Waals surface area contributed by atoms with E-state index in [1.807, 2.05) is 0 Å². The smallest absolute Gasteiger partial charge is 1.00 e. The molecule has 154 valence electrons. The van der Waals surface area contributed by atoms with Crippen LogP contribution >= 0.6 is 7.82 Å². The van der Waals surface area contributed by atoms with Crippen LogP contribution in [-0.2, 0) is 13.9 Å². The van der Waals surface area contributed by atoms with Crippen molar-refractivity contribution in [3.8, 4) is 0 Å². The summed E-state index contributed by atoms with van der Waals surface area (Å²) in [5, 5.41) is 0. The summed E-state index contributed by atoms with van der Waals surface area (Å²) >= 11 is 0. The van der Waals surface area contributed by atoms with Crippen molar-refractivity contribution in [3.05, 3.63) is 11.6 Å². The monoisotopic (exact) mass is 420 g/mol. The van der Waals surface area contributed by atoms with Crippen LogP contribution in [0.1, 0.15) is 73.6 Å². The standard InChI is InChI=1S/C21H33O5P.Na.H/c1-13(22)17-6-7-18-16-5-4-14-12-15(26-27(23,24)25)8-10-20(14,2)19(16)9-11-21(17,18)3;;/h4,15-19H,5-12H2,1-3H3,(H2,23,24,25);;/q;+1;-1. The van der Waals surface area contributed by atoms with Gasteiger partial charge in [0.05, 0.1) is 6.10 Å².